The van der Waals surface area contributed by atoms with Gasteiger partial charge in [-0.15, -0.1) is 0 Å². The van der Waals surface area contributed by atoms with E-state index in [-0.39, 0.29) is 79.3 Å². The van der Waals surface area contributed by atoms with Crippen molar-refractivity contribution in [2.45, 2.75) is 182 Å². The van der Waals surface area contributed by atoms with Crippen LogP contribution >= 0.6 is 0 Å². The number of hydrogen-bond donors (Lipinski definition) is 1. The molecule has 4 rings (SSSR count). The van der Waals surface area contributed by atoms with Crippen molar-refractivity contribution in [1.82, 2.24) is 29.4 Å². The van der Waals surface area contributed by atoms with E-state index in [1.165, 1.54) is 46.7 Å². The fourth-order valence-corrected chi connectivity index (χ4v) is 10.7. The van der Waals surface area contributed by atoms with Crippen molar-refractivity contribution in [3.8, 4) is 0 Å². The summed E-state index contributed by atoms with van der Waals surface area (Å²) < 4.78 is 50.1. The third kappa shape index (κ3) is 17.7. The number of benzene rings is 2. The highest BCUT2D eigenvalue weighted by Crippen LogP contribution is 2.25. The Balaban J connectivity index is 1.86. The maximum atomic E-state index is 15.0. The highest BCUT2D eigenvalue weighted by Gasteiger charge is 2.43. The molecule has 80 heavy (non-hydrogen) atoms. The normalized spacial score (nSPS) is 23.5. The third-order valence-corrected chi connectivity index (χ3v) is 15.3. The number of primary sulfonamides is 1. The van der Waals surface area contributed by atoms with Gasteiger partial charge in [0.05, 0.1) is 17.9 Å². The predicted molar refractivity (Wildman–Crippen MR) is 297 cm³/mol. The van der Waals surface area contributed by atoms with Crippen molar-refractivity contribution in [1.29, 1.82) is 0 Å². The number of nitrogens with zero attached hydrogens (tertiary/aromatic N) is 6. The molecule has 442 valence electrons. The van der Waals surface area contributed by atoms with Gasteiger partial charge in [-0.05, 0) is 93.7 Å². The lowest BCUT2D eigenvalue weighted by atomic mass is 9.99. The average molecular weight is 1140 g/mol. The Morgan fingerprint density at radius 2 is 0.800 bits per heavy atom. The van der Waals surface area contributed by atoms with Gasteiger partial charge in [-0.25, -0.2) is 32.7 Å². The lowest BCUT2D eigenvalue weighted by Crippen LogP contribution is -2.55. The first kappa shape index (κ1) is 65.8. The molecule has 0 unspecified atom stereocenters. The Morgan fingerprint density at radius 3 is 1.12 bits per heavy atom. The number of carbonyl (C=O) groups is 8. The zero-order valence-corrected chi connectivity index (χ0v) is 50.3. The van der Waals surface area contributed by atoms with E-state index in [1.807, 2.05) is 55.4 Å². The number of sulfonamides is 1. The summed E-state index contributed by atoms with van der Waals surface area (Å²) in [6.07, 6.45) is -6.22. The molecular weight excluding hydrogens is 1050 g/mol. The van der Waals surface area contributed by atoms with E-state index in [4.69, 9.17) is 24.1 Å². The molecule has 1 aliphatic heterocycles. The number of aromatic nitrogens is 2. The van der Waals surface area contributed by atoms with E-state index in [0.29, 0.717) is 22.4 Å². The van der Waals surface area contributed by atoms with Gasteiger partial charge >= 0.3 is 23.9 Å². The van der Waals surface area contributed by atoms with Gasteiger partial charge in [0, 0.05) is 41.0 Å². The number of ether oxygens (including phenoxy) is 4. The predicted octanol–water partition coefficient (Wildman–Crippen LogP) is 5.17. The van der Waals surface area contributed by atoms with E-state index in [9.17, 15) is 42.0 Å². The summed E-state index contributed by atoms with van der Waals surface area (Å²) in [5, 5.41) is 9.83. The minimum absolute atomic E-state index is 0.0438. The van der Waals surface area contributed by atoms with Gasteiger partial charge in [0.25, 0.3) is 23.6 Å². The zero-order valence-electron chi connectivity index (χ0n) is 49.5. The van der Waals surface area contributed by atoms with Gasteiger partial charge in [0.2, 0.25) is 10.0 Å². The second-order valence-corrected chi connectivity index (χ2v) is 24.3. The summed E-state index contributed by atoms with van der Waals surface area (Å²) in [5.74, 6) is -7.73. The second-order valence-electron chi connectivity index (χ2n) is 22.8. The Hall–Kier alpha value is -6.68. The van der Waals surface area contributed by atoms with Gasteiger partial charge in [-0.1, -0.05) is 110 Å². The molecule has 0 spiro atoms. The number of likely N-dealkylation sites (N-methyl/N-ethyl adjacent to an activating group) is 4. The summed E-state index contributed by atoms with van der Waals surface area (Å²) in [6.45, 7) is 20.6. The average Bonchev–Trinajstić information content (AvgIpc) is 3.67. The molecule has 0 aliphatic carbocycles. The van der Waals surface area contributed by atoms with Crippen LogP contribution in [0.15, 0.2) is 59.5 Å². The molecule has 3 aromatic rings. The maximum Gasteiger partial charge on any atom is 0.329 e. The summed E-state index contributed by atoms with van der Waals surface area (Å²) in [7, 11) is 1.40. The fourth-order valence-electron chi connectivity index (χ4n) is 9.72. The number of carbonyl (C=O) groups excluding carboxylic acids is 8. The number of nitrogens with two attached hydrogens (primary N) is 1. The molecule has 1 fully saturated rings. The minimum atomic E-state index is -4.05. The Labute approximate surface area is 472 Å². The molecule has 0 saturated carbocycles. The lowest BCUT2D eigenvalue weighted by Gasteiger charge is -2.35. The highest BCUT2D eigenvalue weighted by molar-refractivity contribution is 7.89. The monoisotopic (exact) mass is 1140 g/mol. The molecule has 22 heteroatoms. The molecule has 4 amide bonds. The number of cyclic esters (lactones) is 4. The van der Waals surface area contributed by atoms with Crippen LogP contribution in [0, 0.1) is 37.5 Å². The number of hydrogen-bond acceptors (Lipinski definition) is 15. The first-order chi connectivity index (χ1) is 37.2. The maximum absolute atomic E-state index is 15.0. The molecule has 0 bridgehead atoms. The van der Waals surface area contributed by atoms with Gasteiger partial charge in [0.1, 0.15) is 29.1 Å². The molecule has 8 atom stereocenters. The number of aryl methyl sites for hydroxylation is 1. The summed E-state index contributed by atoms with van der Waals surface area (Å²) >= 11 is 0. The first-order valence-electron chi connectivity index (χ1n) is 27.3. The molecule has 2 heterocycles. The molecule has 2 N–H and O–H groups in total. The minimum Gasteiger partial charge on any atom is -0.451 e. The molecule has 1 aliphatic rings. The van der Waals surface area contributed by atoms with Crippen molar-refractivity contribution >= 4 is 57.5 Å². The van der Waals surface area contributed by atoms with Crippen LogP contribution in [0.4, 0.5) is 0 Å². The van der Waals surface area contributed by atoms with E-state index in [0.717, 1.165) is 19.6 Å². The molecule has 2 aromatic carbocycles. The van der Waals surface area contributed by atoms with Crippen LogP contribution < -0.4 is 5.14 Å². The van der Waals surface area contributed by atoms with Crippen molar-refractivity contribution < 1.29 is 65.7 Å². The Kier molecular flexibility index (Phi) is 23.6. The molecule has 0 radical (unpaired) electrons. The number of esters is 4. The third-order valence-electron chi connectivity index (χ3n) is 14.1. The SMILES string of the molecule is Cc1nn(Cc2ccc(C[C@H]3OC(=O)[C@H](CC(C)C)N(C)C(=O)[C@@H](C)OC(=O)[C@H](CC(C)C)N(C)C(=O)[C@@H](Cc4ccccc4)OC(=O)[C@H](CC(C)C)N(C)C(=O)[C@@H](C)OC(=O)[C@H](CC(C)C)N(C)C3=O)cc2)c(C)c1S(N)(=O)=O. The number of rotatable bonds is 15. The van der Waals surface area contributed by atoms with Crippen molar-refractivity contribution in [3.63, 3.8) is 0 Å². The lowest BCUT2D eigenvalue weighted by molar-refractivity contribution is -0.176. The van der Waals surface area contributed by atoms with Crippen LogP contribution in [0.3, 0.4) is 0 Å². The Morgan fingerprint density at radius 1 is 0.487 bits per heavy atom. The van der Waals surface area contributed by atoms with Crippen LogP contribution in [0.2, 0.25) is 0 Å². The molecular formula is C58H85N7O14S. The van der Waals surface area contributed by atoms with Crippen LogP contribution in [-0.4, -0.2) is 162 Å². The quantitative estimate of drug-likeness (QED) is 0.152. The van der Waals surface area contributed by atoms with Crippen LogP contribution in [0.25, 0.3) is 0 Å². The molecule has 1 saturated heterocycles. The highest BCUT2D eigenvalue weighted by atomic mass is 32.2. The van der Waals surface area contributed by atoms with E-state index < -0.39 is 106 Å². The summed E-state index contributed by atoms with van der Waals surface area (Å²) in [4.78, 5) is 121. The smallest absolute Gasteiger partial charge is 0.329 e. The van der Waals surface area contributed by atoms with E-state index in [1.54, 1.807) is 68.4 Å². The summed E-state index contributed by atoms with van der Waals surface area (Å²) in [5.41, 5.74) is 2.42. The van der Waals surface area contributed by atoms with Crippen LogP contribution in [-0.2, 0) is 86.7 Å². The largest absolute Gasteiger partial charge is 0.451 e. The number of amides is 4. The summed E-state index contributed by atoms with van der Waals surface area (Å²) in [6, 6.07) is 10.4. The van der Waals surface area contributed by atoms with E-state index in [2.05, 4.69) is 5.10 Å². The standard InChI is InChI=1S/C58H85N7O14S/c1-33(2)26-44-55(70)76-40(12)52(67)62(14)47(29-36(7)8)58(73)79-49(31-42-22-24-43(25-23-42)32-65-38(10)50(37(9)60-65)80(59,74)75)54(69)64(16)45(27-34(3)4)56(71)77-39(11)51(66)61(13)46(28-35(5)6)57(72)78-48(53(68)63(44)15)30-41-20-18-17-19-21-41/h17-25,33-36,39-40,44-49H,26-32H2,1-16H3,(H2,59,74,75)/t39-,40-,44+,45+,46+,47+,48-,49-/m1/s1. The zero-order chi connectivity index (χ0) is 60.2. The van der Waals surface area contributed by atoms with Gasteiger partial charge in [0.15, 0.2) is 24.4 Å². The Bertz CT molecular complexity index is 2770. The van der Waals surface area contributed by atoms with E-state index >= 15 is 4.79 Å². The van der Waals surface area contributed by atoms with Crippen LogP contribution in [0.1, 0.15) is 123 Å². The van der Waals surface area contributed by atoms with Crippen molar-refractivity contribution in [2.75, 3.05) is 28.2 Å². The fraction of sp³-hybridized carbons (Fsp3) is 0.603. The van der Waals surface area contributed by atoms with Crippen LogP contribution in [0.5, 0.6) is 0 Å². The van der Waals surface area contributed by atoms with Gasteiger partial charge < -0.3 is 38.5 Å². The second kappa shape index (κ2) is 28.6. The molecule has 21 nitrogen and oxygen atoms in total. The van der Waals surface area contributed by atoms with Gasteiger partial charge in [-0.3, -0.25) is 23.9 Å². The molecule has 1 aromatic heterocycles. The van der Waals surface area contributed by atoms with Crippen molar-refractivity contribution in [3.05, 3.63) is 82.7 Å². The first-order valence-corrected chi connectivity index (χ1v) is 28.8. The van der Waals surface area contributed by atoms with Gasteiger partial charge in [-0.2, -0.15) is 5.10 Å². The van der Waals surface area contributed by atoms with Crippen molar-refractivity contribution in [2.24, 2.45) is 28.8 Å². The topological polar surface area (TPSA) is 264 Å².